The highest BCUT2D eigenvalue weighted by Gasteiger charge is 2.41. The highest BCUT2D eigenvalue weighted by molar-refractivity contribution is 4.96. The second kappa shape index (κ2) is 4.30. The maximum atomic E-state index is 10.2. The van der Waals surface area contributed by atoms with Gasteiger partial charge >= 0.3 is 0 Å². The van der Waals surface area contributed by atoms with Crippen LogP contribution in [0.5, 0.6) is 0 Å². The maximum absolute atomic E-state index is 10.2. The molecule has 3 aliphatic carbocycles. The molecular formula is C14H25NO. The summed E-state index contributed by atoms with van der Waals surface area (Å²) in [6.07, 6.45) is 9.05. The van der Waals surface area contributed by atoms with E-state index in [0.29, 0.717) is 6.04 Å². The van der Waals surface area contributed by atoms with Gasteiger partial charge in [0.2, 0.25) is 0 Å². The van der Waals surface area contributed by atoms with Gasteiger partial charge in [0.05, 0.1) is 6.10 Å². The van der Waals surface area contributed by atoms with E-state index in [2.05, 4.69) is 11.8 Å². The molecule has 0 saturated heterocycles. The maximum Gasteiger partial charge on any atom is 0.0695 e. The fourth-order valence-electron chi connectivity index (χ4n) is 3.25. The SMILES string of the molecule is CC1CCC(O)C(N(CC2CC2)C2CC2)C1. The van der Waals surface area contributed by atoms with E-state index >= 15 is 0 Å². The van der Waals surface area contributed by atoms with Crippen LogP contribution in [0.3, 0.4) is 0 Å². The minimum Gasteiger partial charge on any atom is -0.391 e. The first-order chi connectivity index (χ1) is 7.74. The van der Waals surface area contributed by atoms with Crippen LogP contribution in [0.1, 0.15) is 51.9 Å². The summed E-state index contributed by atoms with van der Waals surface area (Å²) in [4.78, 5) is 2.68. The van der Waals surface area contributed by atoms with Gasteiger partial charge in [-0.3, -0.25) is 4.90 Å². The second-order valence-corrected chi connectivity index (χ2v) is 6.42. The molecule has 0 aromatic carbocycles. The smallest absolute Gasteiger partial charge is 0.0695 e. The lowest BCUT2D eigenvalue weighted by Gasteiger charge is -2.40. The molecule has 3 saturated carbocycles. The molecule has 3 fully saturated rings. The Bertz CT molecular complexity index is 245. The lowest BCUT2D eigenvalue weighted by Crippen LogP contribution is -2.48. The van der Waals surface area contributed by atoms with E-state index in [1.807, 2.05) is 0 Å². The quantitative estimate of drug-likeness (QED) is 0.791. The van der Waals surface area contributed by atoms with Gasteiger partial charge in [0.15, 0.2) is 0 Å². The lowest BCUT2D eigenvalue weighted by molar-refractivity contribution is -0.000517. The minimum absolute atomic E-state index is 0.0458. The van der Waals surface area contributed by atoms with Gasteiger partial charge in [0, 0.05) is 18.6 Å². The lowest BCUT2D eigenvalue weighted by atomic mass is 9.84. The monoisotopic (exact) mass is 223 g/mol. The highest BCUT2D eigenvalue weighted by Crippen LogP contribution is 2.39. The summed E-state index contributed by atoms with van der Waals surface area (Å²) < 4.78 is 0. The zero-order chi connectivity index (χ0) is 11.1. The van der Waals surface area contributed by atoms with Gasteiger partial charge < -0.3 is 5.11 Å². The van der Waals surface area contributed by atoms with Gasteiger partial charge in [-0.1, -0.05) is 6.92 Å². The molecule has 0 spiro atoms. The second-order valence-electron chi connectivity index (χ2n) is 6.42. The largest absolute Gasteiger partial charge is 0.391 e. The average molecular weight is 223 g/mol. The summed E-state index contributed by atoms with van der Waals surface area (Å²) in [5.74, 6) is 1.78. The fraction of sp³-hybridized carbons (Fsp3) is 1.00. The van der Waals surface area contributed by atoms with Crippen molar-refractivity contribution in [1.82, 2.24) is 4.90 Å². The molecule has 0 aromatic rings. The molecule has 3 rings (SSSR count). The molecule has 3 atom stereocenters. The number of aliphatic hydroxyl groups is 1. The van der Waals surface area contributed by atoms with Crippen LogP contribution >= 0.6 is 0 Å². The van der Waals surface area contributed by atoms with Crippen molar-refractivity contribution in [3.8, 4) is 0 Å². The van der Waals surface area contributed by atoms with E-state index in [9.17, 15) is 5.11 Å². The van der Waals surface area contributed by atoms with Crippen molar-refractivity contribution < 1.29 is 5.11 Å². The first-order valence-corrected chi connectivity index (χ1v) is 7.18. The van der Waals surface area contributed by atoms with Gasteiger partial charge in [-0.15, -0.1) is 0 Å². The number of aliphatic hydroxyl groups excluding tert-OH is 1. The van der Waals surface area contributed by atoms with Crippen molar-refractivity contribution in [3.05, 3.63) is 0 Å². The third kappa shape index (κ3) is 2.43. The van der Waals surface area contributed by atoms with E-state index in [-0.39, 0.29) is 6.10 Å². The van der Waals surface area contributed by atoms with Gasteiger partial charge in [0.1, 0.15) is 0 Å². The molecule has 0 aromatic heterocycles. The van der Waals surface area contributed by atoms with E-state index < -0.39 is 0 Å². The van der Waals surface area contributed by atoms with Gasteiger partial charge in [-0.05, 0) is 56.8 Å². The Morgan fingerprint density at radius 1 is 1.06 bits per heavy atom. The number of nitrogens with zero attached hydrogens (tertiary/aromatic N) is 1. The molecule has 0 heterocycles. The average Bonchev–Trinajstić information content (AvgIpc) is 3.12. The molecule has 16 heavy (non-hydrogen) atoms. The topological polar surface area (TPSA) is 23.5 Å². The molecule has 0 bridgehead atoms. The van der Waals surface area contributed by atoms with Gasteiger partial charge in [-0.25, -0.2) is 0 Å². The van der Waals surface area contributed by atoms with Crippen molar-refractivity contribution in [1.29, 1.82) is 0 Å². The third-order valence-corrected chi connectivity index (χ3v) is 4.65. The first kappa shape index (κ1) is 11.0. The minimum atomic E-state index is -0.0458. The Hall–Kier alpha value is -0.0800. The van der Waals surface area contributed by atoms with Gasteiger partial charge in [-0.2, -0.15) is 0 Å². The molecule has 2 nitrogen and oxygen atoms in total. The summed E-state index contributed by atoms with van der Waals surface area (Å²) in [6, 6.07) is 1.31. The molecule has 3 unspecified atom stereocenters. The molecular weight excluding hydrogens is 198 g/mol. The third-order valence-electron chi connectivity index (χ3n) is 4.65. The zero-order valence-electron chi connectivity index (χ0n) is 10.4. The Labute approximate surface area is 99.0 Å². The van der Waals surface area contributed by atoms with Crippen molar-refractivity contribution in [2.75, 3.05) is 6.54 Å². The summed E-state index contributed by atoms with van der Waals surface area (Å²) in [6.45, 7) is 3.63. The van der Waals surface area contributed by atoms with Gasteiger partial charge in [0.25, 0.3) is 0 Å². The first-order valence-electron chi connectivity index (χ1n) is 7.18. The summed E-state index contributed by atoms with van der Waals surface area (Å²) in [5, 5.41) is 10.2. The van der Waals surface area contributed by atoms with E-state index in [1.165, 1.54) is 45.1 Å². The van der Waals surface area contributed by atoms with Crippen LogP contribution in [0.4, 0.5) is 0 Å². The van der Waals surface area contributed by atoms with Crippen LogP contribution in [-0.4, -0.2) is 34.7 Å². The standard InChI is InChI=1S/C14H25NO/c1-10-2-7-14(16)13(8-10)15(12-5-6-12)9-11-3-4-11/h10-14,16H,2-9H2,1H3. The molecule has 0 aliphatic heterocycles. The summed E-state index contributed by atoms with van der Waals surface area (Å²) in [7, 11) is 0. The van der Waals surface area contributed by atoms with Crippen LogP contribution in [0.15, 0.2) is 0 Å². The molecule has 3 aliphatic rings. The normalized spacial score (nSPS) is 40.3. The Morgan fingerprint density at radius 2 is 1.81 bits per heavy atom. The molecule has 0 amide bonds. The van der Waals surface area contributed by atoms with Crippen LogP contribution < -0.4 is 0 Å². The summed E-state index contributed by atoms with van der Waals surface area (Å²) in [5.41, 5.74) is 0. The van der Waals surface area contributed by atoms with E-state index in [1.54, 1.807) is 0 Å². The number of rotatable bonds is 4. The number of hydrogen-bond acceptors (Lipinski definition) is 2. The zero-order valence-corrected chi connectivity index (χ0v) is 10.4. The summed E-state index contributed by atoms with van der Waals surface area (Å²) >= 11 is 0. The predicted octanol–water partition coefficient (Wildman–Crippen LogP) is 2.41. The predicted molar refractivity (Wildman–Crippen MR) is 65.3 cm³/mol. The van der Waals surface area contributed by atoms with Crippen molar-refractivity contribution in [2.24, 2.45) is 11.8 Å². The van der Waals surface area contributed by atoms with E-state index in [4.69, 9.17) is 0 Å². The Balaban J connectivity index is 1.65. The molecule has 1 N–H and O–H groups in total. The Morgan fingerprint density at radius 3 is 2.44 bits per heavy atom. The molecule has 0 radical (unpaired) electrons. The molecule has 2 heteroatoms. The van der Waals surface area contributed by atoms with Crippen LogP contribution in [-0.2, 0) is 0 Å². The van der Waals surface area contributed by atoms with Crippen molar-refractivity contribution >= 4 is 0 Å². The highest BCUT2D eigenvalue weighted by atomic mass is 16.3. The Kier molecular flexibility index (Phi) is 2.97. The van der Waals surface area contributed by atoms with Crippen molar-refractivity contribution in [3.63, 3.8) is 0 Å². The fourth-order valence-corrected chi connectivity index (χ4v) is 3.25. The van der Waals surface area contributed by atoms with E-state index in [0.717, 1.165) is 24.3 Å². The molecule has 92 valence electrons. The van der Waals surface area contributed by atoms with Crippen LogP contribution in [0, 0.1) is 11.8 Å². The van der Waals surface area contributed by atoms with Crippen molar-refractivity contribution in [2.45, 2.75) is 70.1 Å². The van der Waals surface area contributed by atoms with Crippen LogP contribution in [0.2, 0.25) is 0 Å². The van der Waals surface area contributed by atoms with Crippen LogP contribution in [0.25, 0.3) is 0 Å². The number of hydrogen-bond donors (Lipinski definition) is 1.